The van der Waals surface area contributed by atoms with Crippen LogP contribution in [0.4, 0.5) is 5.69 Å². The van der Waals surface area contributed by atoms with Gasteiger partial charge in [0.1, 0.15) is 5.82 Å². The van der Waals surface area contributed by atoms with E-state index in [0.29, 0.717) is 6.54 Å². The molecule has 5 nitrogen and oxygen atoms in total. The second-order valence-electron chi connectivity index (χ2n) is 4.33. The van der Waals surface area contributed by atoms with Crippen LogP contribution < -0.4 is 14.8 Å². The molecule has 1 aromatic carbocycles. The lowest BCUT2D eigenvalue weighted by molar-refractivity contribution is 0.355. The zero-order valence-corrected chi connectivity index (χ0v) is 11.7. The molecule has 0 radical (unpaired) electrons. The zero-order valence-electron chi connectivity index (χ0n) is 11.7. The van der Waals surface area contributed by atoms with E-state index in [2.05, 4.69) is 10.3 Å². The minimum atomic E-state index is 0.666. The van der Waals surface area contributed by atoms with E-state index in [1.807, 2.05) is 36.9 Å². The van der Waals surface area contributed by atoms with Crippen molar-refractivity contribution >= 4 is 5.69 Å². The molecule has 19 heavy (non-hydrogen) atoms. The Hall–Kier alpha value is -2.17. The van der Waals surface area contributed by atoms with Gasteiger partial charge in [0.15, 0.2) is 11.5 Å². The van der Waals surface area contributed by atoms with Crippen LogP contribution in [-0.2, 0) is 13.6 Å². The molecular formula is C14H19N3O2. The fourth-order valence-electron chi connectivity index (χ4n) is 1.91. The first-order valence-corrected chi connectivity index (χ1v) is 6.08. The van der Waals surface area contributed by atoms with Gasteiger partial charge in [-0.1, -0.05) is 0 Å². The van der Waals surface area contributed by atoms with Gasteiger partial charge in [-0.3, -0.25) is 0 Å². The molecule has 0 saturated heterocycles. The molecule has 1 N–H and O–H groups in total. The van der Waals surface area contributed by atoms with E-state index in [1.165, 1.54) is 0 Å². The molecule has 1 heterocycles. The molecule has 102 valence electrons. The number of imidazole rings is 1. The molecule has 2 rings (SSSR count). The summed E-state index contributed by atoms with van der Waals surface area (Å²) in [4.78, 5) is 4.28. The highest BCUT2D eigenvalue weighted by Crippen LogP contribution is 2.32. The van der Waals surface area contributed by atoms with E-state index in [9.17, 15) is 0 Å². The number of aryl methyl sites for hydroxylation is 2. The van der Waals surface area contributed by atoms with Crippen molar-refractivity contribution in [1.29, 1.82) is 0 Å². The molecule has 0 saturated carbocycles. The Kier molecular flexibility index (Phi) is 3.94. The van der Waals surface area contributed by atoms with Gasteiger partial charge in [0.2, 0.25) is 0 Å². The van der Waals surface area contributed by atoms with E-state index in [4.69, 9.17) is 9.47 Å². The number of benzene rings is 1. The van der Waals surface area contributed by atoms with Crippen molar-refractivity contribution < 1.29 is 9.47 Å². The summed E-state index contributed by atoms with van der Waals surface area (Å²) in [5.41, 5.74) is 2.12. The van der Waals surface area contributed by atoms with Crippen molar-refractivity contribution in [3.05, 3.63) is 35.9 Å². The van der Waals surface area contributed by atoms with Crippen molar-refractivity contribution in [1.82, 2.24) is 9.55 Å². The third-order valence-electron chi connectivity index (χ3n) is 3.09. The van der Waals surface area contributed by atoms with Gasteiger partial charge in [-0.25, -0.2) is 4.98 Å². The SMILES string of the molecule is COc1cc(C)c(NCc2nccn2C)cc1OC. The Balaban J connectivity index is 2.18. The molecule has 0 unspecified atom stereocenters. The summed E-state index contributed by atoms with van der Waals surface area (Å²) in [7, 11) is 5.25. The minimum absolute atomic E-state index is 0.666. The van der Waals surface area contributed by atoms with Crippen LogP contribution in [0.15, 0.2) is 24.5 Å². The number of nitrogens with zero attached hydrogens (tertiary/aromatic N) is 2. The first kappa shape index (κ1) is 13.3. The Bertz CT molecular complexity index is 564. The van der Waals surface area contributed by atoms with Gasteiger partial charge in [0.05, 0.1) is 20.8 Å². The Labute approximate surface area is 113 Å². The van der Waals surface area contributed by atoms with Crippen LogP contribution in [0.2, 0.25) is 0 Å². The monoisotopic (exact) mass is 261 g/mol. The maximum Gasteiger partial charge on any atom is 0.162 e. The average Bonchev–Trinajstić information content (AvgIpc) is 2.82. The van der Waals surface area contributed by atoms with Crippen LogP contribution in [0.1, 0.15) is 11.4 Å². The molecule has 0 amide bonds. The predicted molar refractivity (Wildman–Crippen MR) is 74.8 cm³/mol. The number of aromatic nitrogens is 2. The number of hydrogen-bond acceptors (Lipinski definition) is 4. The van der Waals surface area contributed by atoms with Crippen molar-refractivity contribution in [2.75, 3.05) is 19.5 Å². The van der Waals surface area contributed by atoms with Gasteiger partial charge < -0.3 is 19.4 Å². The molecule has 0 aliphatic rings. The number of anilines is 1. The molecule has 5 heteroatoms. The third kappa shape index (κ3) is 2.81. The normalized spacial score (nSPS) is 10.3. The van der Waals surface area contributed by atoms with E-state index in [-0.39, 0.29) is 0 Å². The van der Waals surface area contributed by atoms with E-state index in [0.717, 1.165) is 28.6 Å². The largest absolute Gasteiger partial charge is 0.493 e. The Morgan fingerprint density at radius 3 is 2.47 bits per heavy atom. The maximum absolute atomic E-state index is 5.31. The van der Waals surface area contributed by atoms with Crippen LogP contribution in [0.25, 0.3) is 0 Å². The lowest BCUT2D eigenvalue weighted by Crippen LogP contribution is -2.07. The van der Waals surface area contributed by atoms with Gasteiger partial charge in [-0.2, -0.15) is 0 Å². The van der Waals surface area contributed by atoms with Crippen LogP contribution in [0.5, 0.6) is 11.5 Å². The smallest absolute Gasteiger partial charge is 0.162 e. The van der Waals surface area contributed by atoms with Crippen LogP contribution >= 0.6 is 0 Å². The van der Waals surface area contributed by atoms with E-state index < -0.39 is 0 Å². The highest BCUT2D eigenvalue weighted by Gasteiger charge is 2.09. The second kappa shape index (κ2) is 5.65. The fourth-order valence-corrected chi connectivity index (χ4v) is 1.91. The van der Waals surface area contributed by atoms with Crippen molar-refractivity contribution in [2.24, 2.45) is 7.05 Å². The molecular weight excluding hydrogens is 242 g/mol. The minimum Gasteiger partial charge on any atom is -0.493 e. The number of rotatable bonds is 5. The molecule has 0 atom stereocenters. The summed E-state index contributed by atoms with van der Waals surface area (Å²) in [5.74, 6) is 2.44. The highest BCUT2D eigenvalue weighted by atomic mass is 16.5. The summed E-state index contributed by atoms with van der Waals surface area (Å²) in [6, 6.07) is 3.90. The lowest BCUT2D eigenvalue weighted by Gasteiger charge is -2.14. The quantitative estimate of drug-likeness (QED) is 0.897. The maximum atomic E-state index is 5.31. The Morgan fingerprint density at radius 1 is 1.21 bits per heavy atom. The Morgan fingerprint density at radius 2 is 1.89 bits per heavy atom. The topological polar surface area (TPSA) is 48.3 Å². The number of nitrogens with one attached hydrogen (secondary N) is 1. The van der Waals surface area contributed by atoms with Gasteiger partial charge in [0.25, 0.3) is 0 Å². The van der Waals surface area contributed by atoms with Crippen molar-refractivity contribution in [3.63, 3.8) is 0 Å². The van der Waals surface area contributed by atoms with Crippen molar-refractivity contribution in [3.8, 4) is 11.5 Å². The number of hydrogen-bond donors (Lipinski definition) is 1. The van der Waals surface area contributed by atoms with E-state index in [1.54, 1.807) is 20.4 Å². The fraction of sp³-hybridized carbons (Fsp3) is 0.357. The summed E-state index contributed by atoms with van der Waals surface area (Å²) < 4.78 is 12.6. The van der Waals surface area contributed by atoms with Gasteiger partial charge in [0, 0.05) is 31.2 Å². The summed E-state index contributed by atoms with van der Waals surface area (Å²) in [6.45, 7) is 2.70. The molecule has 0 aliphatic carbocycles. The average molecular weight is 261 g/mol. The van der Waals surface area contributed by atoms with Crippen LogP contribution in [0, 0.1) is 6.92 Å². The molecule has 1 aromatic heterocycles. The first-order chi connectivity index (χ1) is 9.15. The number of methoxy groups -OCH3 is 2. The molecule has 0 fully saturated rings. The zero-order chi connectivity index (χ0) is 13.8. The molecule has 0 bridgehead atoms. The van der Waals surface area contributed by atoms with Gasteiger partial charge in [-0.05, 0) is 18.6 Å². The summed E-state index contributed by atoms with van der Waals surface area (Å²) in [5, 5.41) is 3.36. The number of ether oxygens (including phenoxy) is 2. The predicted octanol–water partition coefficient (Wildman–Crippen LogP) is 2.36. The second-order valence-corrected chi connectivity index (χ2v) is 4.33. The molecule has 0 spiro atoms. The van der Waals surface area contributed by atoms with Gasteiger partial charge in [-0.15, -0.1) is 0 Å². The van der Waals surface area contributed by atoms with E-state index >= 15 is 0 Å². The third-order valence-corrected chi connectivity index (χ3v) is 3.09. The first-order valence-electron chi connectivity index (χ1n) is 6.08. The highest BCUT2D eigenvalue weighted by molar-refractivity contribution is 5.60. The van der Waals surface area contributed by atoms with Crippen LogP contribution in [-0.4, -0.2) is 23.8 Å². The van der Waals surface area contributed by atoms with Crippen LogP contribution in [0.3, 0.4) is 0 Å². The molecule has 0 aliphatic heterocycles. The summed E-state index contributed by atoms with van der Waals surface area (Å²) in [6.07, 6.45) is 3.72. The standard InChI is InChI=1S/C14H19N3O2/c1-10-7-12(18-3)13(19-4)8-11(10)16-9-14-15-5-6-17(14)2/h5-8,16H,9H2,1-4H3. The van der Waals surface area contributed by atoms with Crippen molar-refractivity contribution in [2.45, 2.75) is 13.5 Å². The summed E-state index contributed by atoms with van der Waals surface area (Å²) >= 11 is 0. The molecule has 2 aromatic rings. The lowest BCUT2D eigenvalue weighted by atomic mass is 10.1. The van der Waals surface area contributed by atoms with Gasteiger partial charge >= 0.3 is 0 Å².